The molecule has 0 aromatic heterocycles. The van der Waals surface area contributed by atoms with Gasteiger partial charge in [-0.3, -0.25) is 4.79 Å². The summed E-state index contributed by atoms with van der Waals surface area (Å²) in [5.41, 5.74) is 2.49. The van der Waals surface area contributed by atoms with Crippen LogP contribution < -0.4 is 15.5 Å². The van der Waals surface area contributed by atoms with Gasteiger partial charge in [0.2, 0.25) is 0 Å². The summed E-state index contributed by atoms with van der Waals surface area (Å²) in [6.45, 7) is 0.500. The number of hydrogen-bond donors (Lipinski definition) is 0. The molecule has 5 heteroatoms. The standard InChI is InChI=1S/C14H13BClO2P/c15-11-6-10(14(16)17)13(19)7-12(11)18-8-9-4-2-1-3-5-9/h1-7H,8,15,19H2. The van der Waals surface area contributed by atoms with E-state index in [0.717, 1.165) is 22.1 Å². The lowest BCUT2D eigenvalue weighted by Gasteiger charge is -2.12. The Morgan fingerprint density at radius 3 is 2.58 bits per heavy atom. The molecule has 2 aromatic carbocycles. The summed E-state index contributed by atoms with van der Waals surface area (Å²) < 4.78 is 5.77. The highest BCUT2D eigenvalue weighted by atomic mass is 35.5. The van der Waals surface area contributed by atoms with Crippen LogP contribution in [0.25, 0.3) is 0 Å². The molecular weight excluding hydrogens is 277 g/mol. The first kappa shape index (κ1) is 14.1. The maximum Gasteiger partial charge on any atom is 0.252 e. The van der Waals surface area contributed by atoms with E-state index < -0.39 is 5.24 Å². The van der Waals surface area contributed by atoms with Crippen molar-refractivity contribution < 1.29 is 9.53 Å². The zero-order chi connectivity index (χ0) is 13.8. The van der Waals surface area contributed by atoms with Crippen molar-refractivity contribution in [3.8, 4) is 5.75 Å². The molecule has 0 spiro atoms. The average Bonchev–Trinajstić information content (AvgIpc) is 2.40. The van der Waals surface area contributed by atoms with Crippen LogP contribution in [0, 0.1) is 0 Å². The van der Waals surface area contributed by atoms with E-state index in [9.17, 15) is 4.79 Å². The first-order valence-corrected chi connectivity index (χ1v) is 6.80. The second kappa shape index (κ2) is 6.23. The number of halogens is 1. The summed E-state index contributed by atoms with van der Waals surface area (Å²) >= 11 is 5.51. The quantitative estimate of drug-likeness (QED) is 0.483. The minimum atomic E-state index is -0.456. The Labute approximate surface area is 120 Å². The molecule has 19 heavy (non-hydrogen) atoms. The molecule has 0 radical (unpaired) electrons. The first-order chi connectivity index (χ1) is 9.08. The minimum Gasteiger partial charge on any atom is -0.489 e. The predicted molar refractivity (Wildman–Crippen MR) is 84.9 cm³/mol. The zero-order valence-electron chi connectivity index (χ0n) is 10.5. The molecule has 0 aliphatic heterocycles. The third-order valence-electron chi connectivity index (χ3n) is 2.80. The second-order valence-corrected chi connectivity index (χ2v) is 5.22. The number of carbonyl (C=O) groups excluding carboxylic acids is 1. The van der Waals surface area contributed by atoms with Crippen LogP contribution in [0.3, 0.4) is 0 Å². The van der Waals surface area contributed by atoms with Gasteiger partial charge in [0.15, 0.2) is 0 Å². The molecule has 0 bridgehead atoms. The monoisotopic (exact) mass is 290 g/mol. The molecule has 0 fully saturated rings. The van der Waals surface area contributed by atoms with Gasteiger partial charge in [-0.2, -0.15) is 0 Å². The van der Waals surface area contributed by atoms with Crippen LogP contribution in [-0.2, 0) is 6.61 Å². The SMILES string of the molecule is Bc1cc(C(=O)Cl)c(P)cc1OCc1ccccc1. The Hall–Kier alpha value is -1.31. The van der Waals surface area contributed by atoms with Crippen LogP contribution in [-0.4, -0.2) is 13.1 Å². The molecule has 0 amide bonds. The molecular formula is C14H13BClO2P. The topological polar surface area (TPSA) is 26.3 Å². The van der Waals surface area contributed by atoms with E-state index in [-0.39, 0.29) is 0 Å². The lowest BCUT2D eigenvalue weighted by Crippen LogP contribution is -2.17. The maximum atomic E-state index is 11.2. The fraction of sp³-hybridized carbons (Fsp3) is 0.0714. The van der Waals surface area contributed by atoms with Crippen LogP contribution in [0.5, 0.6) is 5.75 Å². The Morgan fingerprint density at radius 2 is 1.95 bits per heavy atom. The maximum absolute atomic E-state index is 11.2. The molecule has 0 saturated carbocycles. The molecule has 2 rings (SSSR count). The fourth-order valence-corrected chi connectivity index (χ4v) is 2.39. The van der Waals surface area contributed by atoms with Crippen LogP contribution in [0.1, 0.15) is 15.9 Å². The Kier molecular flexibility index (Phi) is 4.63. The van der Waals surface area contributed by atoms with Gasteiger partial charge in [-0.25, -0.2) is 0 Å². The summed E-state index contributed by atoms with van der Waals surface area (Å²) in [5.74, 6) is 0.760. The molecule has 0 N–H and O–H groups in total. The molecule has 2 nitrogen and oxygen atoms in total. The van der Waals surface area contributed by atoms with Gasteiger partial charge in [0, 0.05) is 5.56 Å². The van der Waals surface area contributed by atoms with Crippen molar-refractivity contribution in [3.63, 3.8) is 0 Å². The van der Waals surface area contributed by atoms with Crippen LogP contribution >= 0.6 is 20.8 Å². The van der Waals surface area contributed by atoms with E-state index >= 15 is 0 Å². The van der Waals surface area contributed by atoms with Crippen molar-refractivity contribution in [1.29, 1.82) is 0 Å². The Balaban J connectivity index is 2.17. The van der Waals surface area contributed by atoms with Gasteiger partial charge in [0.05, 0.1) is 0 Å². The van der Waals surface area contributed by atoms with Crippen LogP contribution in [0.2, 0.25) is 0 Å². The Bertz CT molecular complexity index is 602. The number of ether oxygens (including phenoxy) is 1. The lowest BCUT2D eigenvalue weighted by atomic mass is 9.93. The van der Waals surface area contributed by atoms with E-state index in [2.05, 4.69) is 9.24 Å². The highest BCUT2D eigenvalue weighted by Gasteiger charge is 2.10. The van der Waals surface area contributed by atoms with Crippen molar-refractivity contribution in [2.75, 3.05) is 0 Å². The average molecular weight is 290 g/mol. The predicted octanol–water partition coefficient (Wildman–Crippen LogP) is 1.40. The van der Waals surface area contributed by atoms with E-state index in [1.54, 1.807) is 6.07 Å². The molecule has 0 saturated heterocycles. The third-order valence-corrected chi connectivity index (χ3v) is 3.48. The minimum absolute atomic E-state index is 0.456. The molecule has 2 aromatic rings. The summed E-state index contributed by atoms with van der Waals surface area (Å²) in [6, 6.07) is 13.5. The van der Waals surface area contributed by atoms with Gasteiger partial charge in [-0.15, -0.1) is 9.24 Å². The molecule has 0 heterocycles. The fourth-order valence-electron chi connectivity index (χ4n) is 1.76. The lowest BCUT2D eigenvalue weighted by molar-refractivity contribution is 0.108. The second-order valence-electron chi connectivity index (χ2n) is 4.25. The summed E-state index contributed by atoms with van der Waals surface area (Å²) in [4.78, 5) is 11.2. The first-order valence-electron chi connectivity index (χ1n) is 5.84. The van der Waals surface area contributed by atoms with Crippen LogP contribution in [0.4, 0.5) is 0 Å². The van der Waals surface area contributed by atoms with Gasteiger partial charge in [-0.1, -0.05) is 36.4 Å². The van der Waals surface area contributed by atoms with Crippen molar-refractivity contribution in [2.45, 2.75) is 6.61 Å². The smallest absolute Gasteiger partial charge is 0.252 e. The van der Waals surface area contributed by atoms with E-state index in [1.807, 2.05) is 44.2 Å². The normalized spacial score (nSPS) is 10.2. The van der Waals surface area contributed by atoms with Gasteiger partial charge in [0.25, 0.3) is 5.24 Å². The van der Waals surface area contributed by atoms with Crippen LogP contribution in [0.15, 0.2) is 42.5 Å². The number of carbonyl (C=O) groups is 1. The summed E-state index contributed by atoms with van der Waals surface area (Å²) in [7, 11) is 4.40. The van der Waals surface area contributed by atoms with E-state index in [0.29, 0.717) is 12.2 Å². The highest BCUT2D eigenvalue weighted by molar-refractivity contribution is 7.28. The van der Waals surface area contributed by atoms with Crippen molar-refractivity contribution in [3.05, 3.63) is 53.6 Å². The third kappa shape index (κ3) is 3.59. The largest absolute Gasteiger partial charge is 0.489 e. The summed E-state index contributed by atoms with van der Waals surface area (Å²) in [5, 5.41) is 0.288. The van der Waals surface area contributed by atoms with Crippen molar-refractivity contribution >= 4 is 44.7 Å². The van der Waals surface area contributed by atoms with Gasteiger partial charge in [-0.05, 0) is 34.0 Å². The molecule has 1 unspecified atom stereocenters. The zero-order valence-corrected chi connectivity index (χ0v) is 12.4. The van der Waals surface area contributed by atoms with Crippen molar-refractivity contribution in [1.82, 2.24) is 0 Å². The molecule has 0 aliphatic rings. The number of rotatable bonds is 4. The van der Waals surface area contributed by atoms with Gasteiger partial charge >= 0.3 is 0 Å². The van der Waals surface area contributed by atoms with Gasteiger partial charge < -0.3 is 4.74 Å². The molecule has 96 valence electrons. The van der Waals surface area contributed by atoms with Gasteiger partial charge in [0.1, 0.15) is 20.2 Å². The van der Waals surface area contributed by atoms with E-state index in [1.165, 1.54) is 0 Å². The highest BCUT2D eigenvalue weighted by Crippen LogP contribution is 2.13. The number of benzene rings is 2. The van der Waals surface area contributed by atoms with E-state index in [4.69, 9.17) is 16.3 Å². The number of hydrogen-bond acceptors (Lipinski definition) is 2. The molecule has 1 atom stereocenters. The van der Waals surface area contributed by atoms with Crippen molar-refractivity contribution in [2.24, 2.45) is 0 Å². The summed E-state index contributed by atoms with van der Waals surface area (Å²) in [6.07, 6.45) is 0. The Morgan fingerprint density at radius 1 is 1.26 bits per heavy atom. The molecule has 0 aliphatic carbocycles.